The zero-order valence-corrected chi connectivity index (χ0v) is 22.8. The fourth-order valence-electron chi connectivity index (χ4n) is 5.03. The summed E-state index contributed by atoms with van der Waals surface area (Å²) in [4.78, 5) is 33.8. The number of anilines is 1. The number of nitrogens with zero attached hydrogens (tertiary/aromatic N) is 9. The maximum atomic E-state index is 14.3. The third-order valence-corrected chi connectivity index (χ3v) is 7.07. The van der Waals surface area contributed by atoms with E-state index in [2.05, 4.69) is 36.1 Å². The van der Waals surface area contributed by atoms with Gasteiger partial charge in [0.25, 0.3) is 0 Å². The van der Waals surface area contributed by atoms with Gasteiger partial charge in [0.1, 0.15) is 35.9 Å². The predicted octanol–water partition coefficient (Wildman–Crippen LogP) is 1.88. The minimum absolute atomic E-state index is 0.0756. The van der Waals surface area contributed by atoms with Crippen LogP contribution in [0.25, 0.3) is 16.7 Å². The van der Waals surface area contributed by atoms with E-state index >= 15 is 0 Å². The molecule has 0 saturated carbocycles. The van der Waals surface area contributed by atoms with Gasteiger partial charge in [-0.3, -0.25) is 19.5 Å². The van der Waals surface area contributed by atoms with Crippen LogP contribution in [0.4, 0.5) is 5.69 Å². The summed E-state index contributed by atoms with van der Waals surface area (Å²) in [5.74, 6) is -0.356. The third-order valence-electron chi connectivity index (χ3n) is 7.07. The average molecular weight is 569 g/mol. The van der Waals surface area contributed by atoms with Crippen molar-refractivity contribution < 1.29 is 19.1 Å². The summed E-state index contributed by atoms with van der Waals surface area (Å²) in [5.41, 5.74) is 2.91. The monoisotopic (exact) mass is 568 g/mol. The van der Waals surface area contributed by atoms with Gasteiger partial charge >= 0.3 is 0 Å². The highest BCUT2D eigenvalue weighted by Gasteiger charge is 2.34. The number of hydrogen-bond donors (Lipinski definition) is 1. The topological polar surface area (TPSA) is 155 Å². The van der Waals surface area contributed by atoms with Crippen molar-refractivity contribution in [1.29, 1.82) is 0 Å². The Labute approximate surface area is 240 Å². The molecule has 2 amide bonds. The maximum absolute atomic E-state index is 14.3. The Bertz CT molecular complexity index is 1670. The molecule has 3 aromatic heterocycles. The van der Waals surface area contributed by atoms with Gasteiger partial charge in [-0.25, -0.2) is 4.68 Å². The van der Waals surface area contributed by atoms with Crippen LogP contribution >= 0.6 is 0 Å². The Kier molecular flexibility index (Phi) is 7.76. The normalized spacial score (nSPS) is 15.4. The number of tetrazole rings is 1. The molecular weight excluding hydrogens is 540 g/mol. The summed E-state index contributed by atoms with van der Waals surface area (Å²) in [6, 6.07) is 14.9. The van der Waals surface area contributed by atoms with E-state index in [9.17, 15) is 9.59 Å². The molecule has 2 aromatic carbocycles. The first-order valence-corrected chi connectivity index (χ1v) is 13.4. The van der Waals surface area contributed by atoms with Crippen LogP contribution in [0.3, 0.4) is 0 Å². The molecular formula is C28H28N10O4. The molecule has 0 unspecified atom stereocenters. The predicted molar refractivity (Wildman–Crippen MR) is 150 cm³/mol. The van der Waals surface area contributed by atoms with Crippen molar-refractivity contribution in [2.45, 2.75) is 31.5 Å². The summed E-state index contributed by atoms with van der Waals surface area (Å²) in [7, 11) is 1.51. The maximum Gasteiger partial charge on any atom is 0.249 e. The summed E-state index contributed by atoms with van der Waals surface area (Å²) in [6.07, 6.45) is 6.34. The first-order chi connectivity index (χ1) is 20.6. The van der Waals surface area contributed by atoms with Crippen molar-refractivity contribution in [3.63, 3.8) is 0 Å². The molecule has 1 aliphatic rings. The number of carbonyl (C=O) groups is 2. The quantitative estimate of drug-likeness (QED) is 0.264. The lowest BCUT2D eigenvalue weighted by molar-refractivity contribution is -0.127. The fraction of sp³-hybridized carbons (Fsp3) is 0.286. The highest BCUT2D eigenvalue weighted by atomic mass is 16.5. The minimum atomic E-state index is -1.04. The molecule has 5 aromatic rings. The number of nitrogens with one attached hydrogen (secondary N) is 1. The number of rotatable bonds is 10. The number of ether oxygens (including phenoxy) is 2. The van der Waals surface area contributed by atoms with Gasteiger partial charge in [0.05, 0.1) is 18.7 Å². The summed E-state index contributed by atoms with van der Waals surface area (Å²) in [5, 5.41) is 22.7. The molecule has 1 N–H and O–H groups in total. The Hall–Kier alpha value is -5.24. The van der Waals surface area contributed by atoms with Crippen LogP contribution in [0.15, 0.2) is 73.3 Å². The lowest BCUT2D eigenvalue weighted by Gasteiger charge is -2.32. The largest absolute Gasteiger partial charge is 0.494 e. The van der Waals surface area contributed by atoms with E-state index in [1.54, 1.807) is 42.7 Å². The Morgan fingerprint density at radius 2 is 2.00 bits per heavy atom. The van der Waals surface area contributed by atoms with E-state index < -0.39 is 11.9 Å². The molecule has 14 heteroatoms. The van der Waals surface area contributed by atoms with Gasteiger partial charge in [0.15, 0.2) is 0 Å². The molecule has 1 aliphatic heterocycles. The number of fused-ring (bicyclic) bond motifs is 1. The van der Waals surface area contributed by atoms with Gasteiger partial charge in [-0.15, -0.1) is 10.2 Å². The molecule has 42 heavy (non-hydrogen) atoms. The van der Waals surface area contributed by atoms with Gasteiger partial charge in [0, 0.05) is 37.3 Å². The van der Waals surface area contributed by atoms with Crippen LogP contribution in [0.1, 0.15) is 24.4 Å². The molecule has 0 bridgehead atoms. The van der Waals surface area contributed by atoms with Crippen molar-refractivity contribution in [2.24, 2.45) is 0 Å². The summed E-state index contributed by atoms with van der Waals surface area (Å²) < 4.78 is 14.3. The van der Waals surface area contributed by atoms with E-state index in [4.69, 9.17) is 9.47 Å². The van der Waals surface area contributed by atoms with E-state index in [0.717, 1.165) is 12.8 Å². The number of methoxy groups -OCH3 is 1. The molecule has 6 rings (SSSR count). The number of carbonyl (C=O) groups excluding carboxylic acids is 2. The van der Waals surface area contributed by atoms with Gasteiger partial charge in [-0.05, 0) is 65.2 Å². The van der Waals surface area contributed by atoms with Gasteiger partial charge < -0.3 is 14.8 Å². The van der Waals surface area contributed by atoms with Crippen LogP contribution in [0, 0.1) is 0 Å². The number of amides is 2. The Balaban J connectivity index is 1.42. The second-order valence-electron chi connectivity index (χ2n) is 9.67. The standard InChI is InChI=1S/C28H28N10O4/c1-41-25-15-20(8-9-24(25)37-18-31-33-35-37)38(26(39)17-36-23-7-3-2-6-22(23)32-34-36)27(19-10-12-29-13-11-19)28(40)30-16-21-5-4-14-42-21/h2-3,6-13,15,18,21,27H,4-5,14,16-17H2,1H3,(H,30,40)/t21-,27+/m1/s1. The number of benzene rings is 2. The smallest absolute Gasteiger partial charge is 0.249 e. The number of aromatic nitrogens is 8. The zero-order valence-electron chi connectivity index (χ0n) is 22.8. The highest BCUT2D eigenvalue weighted by molar-refractivity contribution is 6.01. The van der Waals surface area contributed by atoms with Gasteiger partial charge in [0.2, 0.25) is 11.8 Å². The fourth-order valence-corrected chi connectivity index (χ4v) is 5.03. The first kappa shape index (κ1) is 27.0. The van der Waals surface area contributed by atoms with Crippen molar-refractivity contribution in [1.82, 2.24) is 45.5 Å². The molecule has 0 aliphatic carbocycles. The Morgan fingerprint density at radius 1 is 1.14 bits per heavy atom. The van der Waals surface area contributed by atoms with Gasteiger partial charge in [-0.2, -0.15) is 4.68 Å². The molecule has 0 spiro atoms. The average Bonchev–Trinajstić information content (AvgIpc) is 3.82. The van der Waals surface area contributed by atoms with Crippen molar-refractivity contribution in [3.8, 4) is 11.4 Å². The lowest BCUT2D eigenvalue weighted by Crippen LogP contribution is -2.46. The van der Waals surface area contributed by atoms with Crippen molar-refractivity contribution in [2.75, 3.05) is 25.2 Å². The van der Waals surface area contributed by atoms with Crippen LogP contribution in [-0.2, 0) is 20.9 Å². The van der Waals surface area contributed by atoms with Gasteiger partial charge in [-0.1, -0.05) is 17.3 Å². The van der Waals surface area contributed by atoms with Crippen molar-refractivity contribution in [3.05, 3.63) is 78.9 Å². The van der Waals surface area contributed by atoms with Crippen LogP contribution in [-0.4, -0.2) is 78.4 Å². The summed E-state index contributed by atoms with van der Waals surface area (Å²) in [6.45, 7) is 0.828. The van der Waals surface area contributed by atoms with E-state index in [-0.39, 0.29) is 18.6 Å². The molecule has 2 atom stereocenters. The number of hydrogen-bond acceptors (Lipinski definition) is 10. The van der Waals surface area contributed by atoms with E-state index in [0.29, 0.717) is 46.9 Å². The Morgan fingerprint density at radius 3 is 2.76 bits per heavy atom. The minimum Gasteiger partial charge on any atom is -0.494 e. The zero-order chi connectivity index (χ0) is 28.9. The molecule has 0 radical (unpaired) electrons. The van der Waals surface area contributed by atoms with E-state index in [1.165, 1.54) is 27.7 Å². The molecule has 1 saturated heterocycles. The van der Waals surface area contributed by atoms with Crippen LogP contribution in [0.5, 0.6) is 5.75 Å². The molecule has 1 fully saturated rings. The SMILES string of the molecule is COc1cc(N(C(=O)Cn2nnc3ccccc32)[C@H](C(=O)NC[C@H]2CCCO2)c2ccncc2)ccc1-n1cnnn1. The van der Waals surface area contributed by atoms with E-state index in [1.807, 2.05) is 24.3 Å². The molecule has 214 valence electrons. The van der Waals surface area contributed by atoms with Crippen LogP contribution < -0.4 is 15.0 Å². The summed E-state index contributed by atoms with van der Waals surface area (Å²) >= 11 is 0. The number of para-hydroxylation sites is 1. The highest BCUT2D eigenvalue weighted by Crippen LogP contribution is 2.34. The second kappa shape index (κ2) is 12.1. The molecule has 4 heterocycles. The first-order valence-electron chi connectivity index (χ1n) is 13.4. The molecule has 14 nitrogen and oxygen atoms in total. The van der Waals surface area contributed by atoms with Crippen LogP contribution in [0.2, 0.25) is 0 Å². The number of pyridine rings is 1. The lowest BCUT2D eigenvalue weighted by atomic mass is 10.0. The second-order valence-corrected chi connectivity index (χ2v) is 9.67. The van der Waals surface area contributed by atoms with Crippen molar-refractivity contribution >= 4 is 28.5 Å². The third kappa shape index (κ3) is 5.51.